The van der Waals surface area contributed by atoms with Crippen molar-refractivity contribution in [2.75, 3.05) is 0 Å². The standard InChI is InChI=1S/C13H13F3N2O/c1-8-3-5-10(6-4-8)7-18-12(19)9(2)11(17-18)13(14,15)16/h3-6,9H,7H2,1-2H3. The first kappa shape index (κ1) is 13.6. The van der Waals surface area contributed by atoms with Gasteiger partial charge in [0.25, 0.3) is 5.91 Å². The van der Waals surface area contributed by atoms with Crippen molar-refractivity contribution in [3.63, 3.8) is 0 Å². The molecule has 1 heterocycles. The molecule has 0 aliphatic carbocycles. The van der Waals surface area contributed by atoms with E-state index < -0.39 is 23.7 Å². The molecule has 2 rings (SSSR count). The Morgan fingerprint density at radius 2 is 1.84 bits per heavy atom. The number of aryl methyl sites for hydroxylation is 1. The van der Waals surface area contributed by atoms with Crippen LogP contribution in [0.15, 0.2) is 29.4 Å². The van der Waals surface area contributed by atoms with Crippen molar-refractivity contribution in [3.05, 3.63) is 35.4 Å². The van der Waals surface area contributed by atoms with Gasteiger partial charge in [-0.25, -0.2) is 5.01 Å². The molecule has 0 saturated heterocycles. The van der Waals surface area contributed by atoms with Crippen molar-refractivity contribution in [1.82, 2.24) is 5.01 Å². The molecule has 1 aliphatic rings. The highest BCUT2D eigenvalue weighted by Crippen LogP contribution is 2.29. The fourth-order valence-electron chi connectivity index (χ4n) is 1.89. The summed E-state index contributed by atoms with van der Waals surface area (Å²) in [5, 5.41) is 4.30. The molecule has 0 radical (unpaired) electrons. The largest absolute Gasteiger partial charge is 0.431 e. The van der Waals surface area contributed by atoms with Crippen molar-refractivity contribution < 1.29 is 18.0 Å². The maximum atomic E-state index is 12.6. The van der Waals surface area contributed by atoms with Gasteiger partial charge in [-0.2, -0.15) is 18.3 Å². The number of hydrazone groups is 1. The summed E-state index contributed by atoms with van der Waals surface area (Å²) in [4.78, 5) is 11.7. The second-order valence-electron chi connectivity index (χ2n) is 4.59. The Hall–Kier alpha value is -1.85. The number of benzene rings is 1. The second-order valence-corrected chi connectivity index (χ2v) is 4.59. The zero-order valence-corrected chi connectivity index (χ0v) is 10.5. The predicted molar refractivity (Wildman–Crippen MR) is 64.4 cm³/mol. The molecule has 1 aromatic carbocycles. The van der Waals surface area contributed by atoms with Gasteiger partial charge in [0.2, 0.25) is 0 Å². The number of carbonyl (C=O) groups is 1. The van der Waals surface area contributed by atoms with Crippen LogP contribution in [0.1, 0.15) is 18.1 Å². The van der Waals surface area contributed by atoms with E-state index in [1.54, 1.807) is 12.1 Å². The molecule has 1 aromatic rings. The van der Waals surface area contributed by atoms with Crippen LogP contribution in [0.5, 0.6) is 0 Å². The normalized spacial score (nSPS) is 19.8. The Balaban J connectivity index is 2.19. The molecule has 6 heteroatoms. The lowest BCUT2D eigenvalue weighted by molar-refractivity contribution is -0.132. The van der Waals surface area contributed by atoms with Crippen molar-refractivity contribution in [2.45, 2.75) is 26.6 Å². The lowest BCUT2D eigenvalue weighted by atomic mass is 10.1. The van der Waals surface area contributed by atoms with Gasteiger partial charge < -0.3 is 0 Å². The van der Waals surface area contributed by atoms with Crippen molar-refractivity contribution in [2.24, 2.45) is 11.0 Å². The number of hydrogen-bond acceptors (Lipinski definition) is 2. The second kappa shape index (κ2) is 4.68. The molecule has 0 spiro atoms. The summed E-state index contributed by atoms with van der Waals surface area (Å²) in [6.07, 6.45) is -4.56. The summed E-state index contributed by atoms with van der Waals surface area (Å²) in [7, 11) is 0. The molecule has 0 fully saturated rings. The van der Waals surface area contributed by atoms with Crippen molar-refractivity contribution in [1.29, 1.82) is 0 Å². The lowest BCUT2D eigenvalue weighted by Gasteiger charge is -2.12. The minimum Gasteiger partial charge on any atom is -0.272 e. The van der Waals surface area contributed by atoms with Crippen LogP contribution in [-0.4, -0.2) is 22.8 Å². The summed E-state index contributed by atoms with van der Waals surface area (Å²) in [6.45, 7) is 3.19. The van der Waals surface area contributed by atoms with Gasteiger partial charge in [0, 0.05) is 0 Å². The van der Waals surface area contributed by atoms with E-state index in [1.165, 1.54) is 6.92 Å². The SMILES string of the molecule is Cc1ccc(CN2N=C(C(F)(F)F)C(C)C2=O)cc1. The van der Waals surface area contributed by atoms with E-state index >= 15 is 0 Å². The summed E-state index contributed by atoms with van der Waals surface area (Å²) >= 11 is 0. The van der Waals surface area contributed by atoms with Gasteiger partial charge in [-0.3, -0.25) is 4.79 Å². The Kier molecular flexibility index (Phi) is 3.34. The van der Waals surface area contributed by atoms with Crippen LogP contribution in [0.3, 0.4) is 0 Å². The number of carbonyl (C=O) groups excluding carboxylic acids is 1. The predicted octanol–water partition coefficient (Wildman–Crippen LogP) is 2.89. The summed E-state index contributed by atoms with van der Waals surface area (Å²) < 4.78 is 37.9. The van der Waals surface area contributed by atoms with Crippen molar-refractivity contribution >= 4 is 11.6 Å². The van der Waals surface area contributed by atoms with Crippen molar-refractivity contribution in [3.8, 4) is 0 Å². The highest BCUT2D eigenvalue weighted by atomic mass is 19.4. The van der Waals surface area contributed by atoms with E-state index in [0.29, 0.717) is 0 Å². The molecule has 0 N–H and O–H groups in total. The molecule has 19 heavy (non-hydrogen) atoms. The molecule has 1 unspecified atom stereocenters. The zero-order valence-electron chi connectivity index (χ0n) is 10.5. The van der Waals surface area contributed by atoms with E-state index in [0.717, 1.165) is 16.1 Å². The summed E-state index contributed by atoms with van der Waals surface area (Å²) in [5.41, 5.74) is 0.771. The highest BCUT2D eigenvalue weighted by molar-refractivity contribution is 6.10. The third-order valence-corrected chi connectivity index (χ3v) is 3.01. The van der Waals surface area contributed by atoms with E-state index in [2.05, 4.69) is 5.10 Å². The Labute approximate surface area is 108 Å². The first-order chi connectivity index (χ1) is 8.79. The third kappa shape index (κ3) is 2.77. The number of alkyl halides is 3. The average Bonchev–Trinajstić information content (AvgIpc) is 2.60. The van der Waals surface area contributed by atoms with Gasteiger partial charge in [-0.1, -0.05) is 29.8 Å². The summed E-state index contributed by atoms with van der Waals surface area (Å²) in [5.74, 6) is -1.85. The molecular formula is C13H13F3N2O. The van der Waals surface area contributed by atoms with Crippen LogP contribution in [0, 0.1) is 12.8 Å². The molecule has 0 saturated carbocycles. The molecule has 1 atom stereocenters. The molecule has 0 aromatic heterocycles. The first-order valence-corrected chi connectivity index (χ1v) is 5.81. The van der Waals surface area contributed by atoms with Crippen LogP contribution in [-0.2, 0) is 11.3 Å². The summed E-state index contributed by atoms with van der Waals surface area (Å²) in [6, 6.07) is 7.23. The minimum absolute atomic E-state index is 0.0586. The minimum atomic E-state index is -4.56. The van der Waals surface area contributed by atoms with Gasteiger partial charge in [-0.15, -0.1) is 0 Å². The topological polar surface area (TPSA) is 32.7 Å². The molecule has 102 valence electrons. The molecule has 1 aliphatic heterocycles. The quantitative estimate of drug-likeness (QED) is 0.813. The number of hydrogen-bond donors (Lipinski definition) is 0. The van der Waals surface area contributed by atoms with E-state index in [-0.39, 0.29) is 6.54 Å². The maximum Gasteiger partial charge on any atom is 0.431 e. The van der Waals surface area contributed by atoms with E-state index in [4.69, 9.17) is 0 Å². The van der Waals surface area contributed by atoms with Crippen LogP contribution >= 0.6 is 0 Å². The Morgan fingerprint density at radius 3 is 2.32 bits per heavy atom. The zero-order chi connectivity index (χ0) is 14.2. The first-order valence-electron chi connectivity index (χ1n) is 5.81. The molecule has 3 nitrogen and oxygen atoms in total. The average molecular weight is 270 g/mol. The highest BCUT2D eigenvalue weighted by Gasteiger charge is 2.47. The number of nitrogens with zero attached hydrogens (tertiary/aromatic N) is 2. The monoisotopic (exact) mass is 270 g/mol. The molecular weight excluding hydrogens is 257 g/mol. The Morgan fingerprint density at radius 1 is 1.26 bits per heavy atom. The van der Waals surface area contributed by atoms with Gasteiger partial charge in [0.05, 0.1) is 12.5 Å². The number of amides is 1. The van der Waals surface area contributed by atoms with Gasteiger partial charge in [0.15, 0.2) is 5.71 Å². The van der Waals surface area contributed by atoms with Gasteiger partial charge in [0.1, 0.15) is 0 Å². The van der Waals surface area contributed by atoms with Gasteiger partial charge in [-0.05, 0) is 19.4 Å². The molecule has 0 bridgehead atoms. The smallest absolute Gasteiger partial charge is 0.272 e. The maximum absolute atomic E-state index is 12.6. The Bertz CT molecular complexity index is 520. The van der Waals surface area contributed by atoms with Crippen LogP contribution in [0.2, 0.25) is 0 Å². The van der Waals surface area contributed by atoms with E-state index in [9.17, 15) is 18.0 Å². The molecule has 1 amide bonds. The van der Waals surface area contributed by atoms with Crippen LogP contribution < -0.4 is 0 Å². The fourth-order valence-corrected chi connectivity index (χ4v) is 1.89. The van der Waals surface area contributed by atoms with Crippen LogP contribution in [0.4, 0.5) is 13.2 Å². The van der Waals surface area contributed by atoms with Gasteiger partial charge >= 0.3 is 6.18 Å². The fraction of sp³-hybridized carbons (Fsp3) is 0.385. The number of halogens is 3. The third-order valence-electron chi connectivity index (χ3n) is 3.01. The number of rotatable bonds is 2. The lowest BCUT2D eigenvalue weighted by Crippen LogP contribution is -2.30. The van der Waals surface area contributed by atoms with Crippen LogP contribution in [0.25, 0.3) is 0 Å². The van der Waals surface area contributed by atoms with E-state index in [1.807, 2.05) is 19.1 Å².